The molecule has 1 aliphatic heterocycles. The monoisotopic (exact) mass is 483 g/mol. The Morgan fingerprint density at radius 1 is 0.857 bits per heavy atom. The SMILES string of the molecule is CN1c2ccccc2C(C(=O)Oc2ccc(CCC(=O)OC(=O)C(F)(F)F)cc2)c2ccccc21. The number of hydrogen-bond acceptors (Lipinski definition) is 6. The molecular formula is C26H20F3NO5. The van der Waals surface area contributed by atoms with E-state index in [-0.39, 0.29) is 12.2 Å². The Morgan fingerprint density at radius 3 is 1.94 bits per heavy atom. The van der Waals surface area contributed by atoms with E-state index >= 15 is 0 Å². The van der Waals surface area contributed by atoms with Crippen molar-refractivity contribution in [1.82, 2.24) is 0 Å². The number of carbonyl (C=O) groups excluding carboxylic acids is 3. The number of esters is 3. The summed E-state index contributed by atoms with van der Waals surface area (Å²) in [6.45, 7) is 0. The van der Waals surface area contributed by atoms with E-state index in [1.807, 2.05) is 60.5 Å². The average Bonchev–Trinajstić information content (AvgIpc) is 2.83. The standard InChI is InChI=1S/C26H20F3NO5/c1-30-20-8-4-2-6-18(20)23(19-7-3-5-9-21(19)30)24(32)34-17-13-10-16(11-14-17)12-15-22(31)35-25(33)26(27,28)29/h2-11,13-14,23H,12,15H2,1H3. The molecule has 1 aliphatic rings. The van der Waals surface area contributed by atoms with Gasteiger partial charge in [0.15, 0.2) is 0 Å². The molecule has 4 rings (SSSR count). The van der Waals surface area contributed by atoms with Crippen LogP contribution in [-0.4, -0.2) is 31.1 Å². The molecule has 0 unspecified atom stereocenters. The van der Waals surface area contributed by atoms with Gasteiger partial charge in [-0.25, -0.2) is 4.79 Å². The van der Waals surface area contributed by atoms with Gasteiger partial charge in [-0.15, -0.1) is 0 Å². The molecule has 0 N–H and O–H groups in total. The van der Waals surface area contributed by atoms with E-state index in [1.54, 1.807) is 12.1 Å². The van der Waals surface area contributed by atoms with Crippen LogP contribution in [0.4, 0.5) is 24.5 Å². The maximum absolute atomic E-state index is 13.3. The van der Waals surface area contributed by atoms with Gasteiger partial charge in [-0.05, 0) is 47.4 Å². The first-order valence-corrected chi connectivity index (χ1v) is 10.7. The first-order valence-electron chi connectivity index (χ1n) is 10.7. The van der Waals surface area contributed by atoms with Crippen molar-refractivity contribution in [2.45, 2.75) is 24.9 Å². The number of carbonyl (C=O) groups is 3. The van der Waals surface area contributed by atoms with E-state index < -0.39 is 36.4 Å². The Hall–Kier alpha value is -4.14. The second kappa shape index (κ2) is 9.61. The third-order valence-electron chi connectivity index (χ3n) is 5.65. The predicted octanol–water partition coefficient (Wildman–Crippen LogP) is 5.07. The first kappa shape index (κ1) is 24.0. The Morgan fingerprint density at radius 2 is 1.40 bits per heavy atom. The number of halogens is 3. The smallest absolute Gasteiger partial charge is 0.426 e. The molecule has 0 saturated heterocycles. The molecule has 0 bridgehead atoms. The number of hydrogen-bond donors (Lipinski definition) is 0. The van der Waals surface area contributed by atoms with Crippen LogP contribution in [0.3, 0.4) is 0 Å². The average molecular weight is 483 g/mol. The minimum Gasteiger partial charge on any atom is -0.426 e. The fraction of sp³-hybridized carbons (Fsp3) is 0.192. The minimum atomic E-state index is -5.23. The molecule has 0 aliphatic carbocycles. The predicted molar refractivity (Wildman–Crippen MR) is 120 cm³/mol. The Balaban J connectivity index is 1.44. The highest BCUT2D eigenvalue weighted by Gasteiger charge is 2.42. The molecule has 0 fully saturated rings. The van der Waals surface area contributed by atoms with Crippen LogP contribution in [-0.2, 0) is 25.5 Å². The molecule has 0 aromatic heterocycles. The third kappa shape index (κ3) is 5.18. The van der Waals surface area contributed by atoms with Crippen molar-refractivity contribution in [2.24, 2.45) is 0 Å². The maximum Gasteiger partial charge on any atom is 0.491 e. The van der Waals surface area contributed by atoms with Crippen LogP contribution in [0.25, 0.3) is 0 Å². The molecule has 0 radical (unpaired) electrons. The third-order valence-corrected chi connectivity index (χ3v) is 5.65. The lowest BCUT2D eigenvalue weighted by molar-refractivity contribution is -0.201. The topological polar surface area (TPSA) is 72.9 Å². The lowest BCUT2D eigenvalue weighted by atomic mass is 9.85. The zero-order valence-corrected chi connectivity index (χ0v) is 18.5. The zero-order chi connectivity index (χ0) is 25.2. The normalized spacial score (nSPS) is 13.0. The fourth-order valence-electron chi connectivity index (χ4n) is 3.98. The molecule has 1 heterocycles. The summed E-state index contributed by atoms with van der Waals surface area (Å²) in [5.41, 5.74) is 4.04. The van der Waals surface area contributed by atoms with E-state index in [0.717, 1.165) is 22.5 Å². The quantitative estimate of drug-likeness (QED) is 0.287. The van der Waals surface area contributed by atoms with E-state index in [1.165, 1.54) is 12.1 Å². The second-order valence-corrected chi connectivity index (χ2v) is 7.93. The van der Waals surface area contributed by atoms with Gasteiger partial charge in [-0.3, -0.25) is 9.59 Å². The van der Waals surface area contributed by atoms with Crippen LogP contribution in [0.5, 0.6) is 5.75 Å². The number of fused-ring (bicyclic) bond motifs is 2. The van der Waals surface area contributed by atoms with Gasteiger partial charge in [-0.1, -0.05) is 48.5 Å². The van der Waals surface area contributed by atoms with Gasteiger partial charge < -0.3 is 14.4 Å². The number of anilines is 2. The summed E-state index contributed by atoms with van der Waals surface area (Å²) in [7, 11) is 1.94. The minimum absolute atomic E-state index is 0.0495. The van der Waals surface area contributed by atoms with Crippen LogP contribution in [0.1, 0.15) is 29.0 Å². The highest BCUT2D eigenvalue weighted by atomic mass is 19.4. The van der Waals surface area contributed by atoms with Crippen molar-refractivity contribution in [3.8, 4) is 5.75 Å². The number of nitrogens with zero attached hydrogens (tertiary/aromatic N) is 1. The maximum atomic E-state index is 13.3. The largest absolute Gasteiger partial charge is 0.491 e. The Kier molecular flexibility index (Phi) is 6.59. The van der Waals surface area contributed by atoms with Crippen molar-refractivity contribution in [3.05, 3.63) is 89.5 Å². The van der Waals surface area contributed by atoms with E-state index in [4.69, 9.17) is 4.74 Å². The van der Waals surface area contributed by atoms with Crippen molar-refractivity contribution in [2.75, 3.05) is 11.9 Å². The summed E-state index contributed by atoms with van der Waals surface area (Å²) in [5.74, 6) is -4.62. The number of benzene rings is 3. The molecule has 6 nitrogen and oxygen atoms in total. The number of alkyl halides is 3. The number of rotatable bonds is 5. The van der Waals surface area contributed by atoms with Crippen LogP contribution < -0.4 is 9.64 Å². The molecule has 0 atom stereocenters. The molecule has 3 aromatic carbocycles. The van der Waals surface area contributed by atoms with Crippen molar-refractivity contribution < 1.29 is 37.0 Å². The lowest BCUT2D eigenvalue weighted by Crippen LogP contribution is -2.28. The summed E-state index contributed by atoms with van der Waals surface area (Å²) >= 11 is 0. The first-order chi connectivity index (χ1) is 16.6. The van der Waals surface area contributed by atoms with Crippen molar-refractivity contribution >= 4 is 29.3 Å². The number of aryl methyl sites for hydroxylation is 1. The summed E-state index contributed by atoms with van der Waals surface area (Å²) in [5, 5.41) is 0. The zero-order valence-electron chi connectivity index (χ0n) is 18.5. The summed E-state index contributed by atoms with van der Waals surface area (Å²) in [4.78, 5) is 37.5. The second-order valence-electron chi connectivity index (χ2n) is 7.93. The van der Waals surface area contributed by atoms with Gasteiger partial charge in [0.1, 0.15) is 11.7 Å². The van der Waals surface area contributed by atoms with Gasteiger partial charge in [0.05, 0.1) is 6.42 Å². The molecule has 0 amide bonds. The Bertz CT molecular complexity index is 1220. The van der Waals surface area contributed by atoms with E-state index in [9.17, 15) is 27.6 Å². The van der Waals surface area contributed by atoms with Crippen LogP contribution in [0.15, 0.2) is 72.8 Å². The summed E-state index contributed by atoms with van der Waals surface area (Å²) < 4.78 is 45.9. The van der Waals surface area contributed by atoms with E-state index in [2.05, 4.69) is 4.74 Å². The molecule has 180 valence electrons. The van der Waals surface area contributed by atoms with Crippen LogP contribution in [0.2, 0.25) is 0 Å². The fourth-order valence-corrected chi connectivity index (χ4v) is 3.98. The van der Waals surface area contributed by atoms with E-state index in [0.29, 0.717) is 5.56 Å². The molecule has 9 heteroatoms. The Labute approximate surface area is 198 Å². The van der Waals surface area contributed by atoms with Gasteiger partial charge >= 0.3 is 24.1 Å². The van der Waals surface area contributed by atoms with Crippen LogP contribution in [0, 0.1) is 0 Å². The molecule has 0 spiro atoms. The molecule has 0 saturated carbocycles. The van der Waals surface area contributed by atoms with Crippen LogP contribution >= 0.6 is 0 Å². The molecule has 35 heavy (non-hydrogen) atoms. The number of para-hydroxylation sites is 2. The lowest BCUT2D eigenvalue weighted by Gasteiger charge is -2.34. The van der Waals surface area contributed by atoms with Gasteiger partial charge in [0, 0.05) is 18.4 Å². The van der Waals surface area contributed by atoms with Gasteiger partial charge in [0.25, 0.3) is 0 Å². The molecular weight excluding hydrogens is 463 g/mol. The summed E-state index contributed by atoms with van der Waals surface area (Å²) in [6.07, 6.45) is -5.59. The highest BCUT2D eigenvalue weighted by Crippen LogP contribution is 2.45. The van der Waals surface area contributed by atoms with Crippen molar-refractivity contribution in [1.29, 1.82) is 0 Å². The van der Waals surface area contributed by atoms with Crippen molar-refractivity contribution in [3.63, 3.8) is 0 Å². The molecule has 3 aromatic rings. The van der Waals surface area contributed by atoms with Gasteiger partial charge in [0.2, 0.25) is 0 Å². The number of ether oxygens (including phenoxy) is 2. The van der Waals surface area contributed by atoms with Gasteiger partial charge in [-0.2, -0.15) is 13.2 Å². The highest BCUT2D eigenvalue weighted by molar-refractivity contribution is 5.92. The summed E-state index contributed by atoms with van der Waals surface area (Å²) in [6, 6.07) is 21.4.